The Labute approximate surface area is 129 Å². The zero-order valence-electron chi connectivity index (χ0n) is 11.6. The molecule has 2 aromatic rings. The third-order valence-electron chi connectivity index (χ3n) is 3.81. The molecule has 1 aromatic heterocycles. The lowest BCUT2D eigenvalue weighted by atomic mass is 10.0. The zero-order chi connectivity index (χ0) is 13.9. The second-order valence-electron chi connectivity index (χ2n) is 5.04. The molecule has 1 unspecified atom stereocenters. The van der Waals surface area contributed by atoms with Crippen LogP contribution in [0.15, 0.2) is 41.4 Å². The van der Waals surface area contributed by atoms with Crippen LogP contribution < -0.4 is 5.32 Å². The molecule has 0 aliphatic carbocycles. The van der Waals surface area contributed by atoms with Crippen LogP contribution in [0.25, 0.3) is 0 Å². The number of nitrogens with zero attached hydrogens (tertiary/aromatic N) is 1. The Morgan fingerprint density at radius 2 is 2.30 bits per heavy atom. The van der Waals surface area contributed by atoms with E-state index in [1.807, 2.05) is 17.8 Å². The molecular weight excluding hydrogens is 288 g/mol. The van der Waals surface area contributed by atoms with Crippen molar-refractivity contribution in [2.45, 2.75) is 37.4 Å². The minimum absolute atomic E-state index is 0.408. The van der Waals surface area contributed by atoms with E-state index in [-0.39, 0.29) is 0 Å². The molecule has 0 radical (unpaired) electrons. The van der Waals surface area contributed by atoms with E-state index >= 15 is 0 Å². The predicted molar refractivity (Wildman–Crippen MR) is 86.5 cm³/mol. The van der Waals surface area contributed by atoms with Gasteiger partial charge in [0.25, 0.3) is 0 Å². The van der Waals surface area contributed by atoms with Crippen molar-refractivity contribution in [1.29, 1.82) is 0 Å². The smallest absolute Gasteiger partial charge is 0.0410 e. The number of benzene rings is 1. The molecule has 1 aromatic carbocycles. The van der Waals surface area contributed by atoms with E-state index in [0.29, 0.717) is 6.04 Å². The van der Waals surface area contributed by atoms with Gasteiger partial charge in [0.05, 0.1) is 0 Å². The first-order valence-electron chi connectivity index (χ1n) is 7.07. The number of fused-ring (bicyclic) bond motifs is 1. The van der Waals surface area contributed by atoms with Gasteiger partial charge in [-0.15, -0.1) is 11.8 Å². The Hall–Kier alpha value is -0.900. The van der Waals surface area contributed by atoms with Gasteiger partial charge in [0.2, 0.25) is 0 Å². The largest absolute Gasteiger partial charge is 0.351 e. The molecule has 0 saturated heterocycles. The second-order valence-corrected chi connectivity index (χ2v) is 6.61. The van der Waals surface area contributed by atoms with Crippen molar-refractivity contribution in [2.75, 3.05) is 5.75 Å². The normalized spacial score (nSPS) is 18.0. The highest BCUT2D eigenvalue weighted by atomic mass is 35.5. The summed E-state index contributed by atoms with van der Waals surface area (Å²) in [5.41, 5.74) is 2.69. The molecule has 0 saturated carbocycles. The molecule has 0 amide bonds. The molecular formula is C16H19ClN2S. The van der Waals surface area contributed by atoms with Gasteiger partial charge in [-0.1, -0.05) is 11.6 Å². The van der Waals surface area contributed by atoms with E-state index in [1.54, 1.807) is 0 Å². The summed E-state index contributed by atoms with van der Waals surface area (Å²) in [6.07, 6.45) is 3.30. The molecule has 4 heteroatoms. The van der Waals surface area contributed by atoms with E-state index in [2.05, 4.69) is 47.3 Å². The summed E-state index contributed by atoms with van der Waals surface area (Å²) in [5, 5.41) is 4.52. The molecule has 0 fully saturated rings. The molecule has 1 N–H and O–H groups in total. The molecule has 1 aliphatic heterocycles. The molecule has 1 aliphatic rings. The van der Waals surface area contributed by atoms with Gasteiger partial charge in [-0.25, -0.2) is 0 Å². The van der Waals surface area contributed by atoms with Gasteiger partial charge < -0.3 is 9.88 Å². The molecule has 3 rings (SSSR count). The first-order chi connectivity index (χ1) is 9.78. The van der Waals surface area contributed by atoms with Gasteiger partial charge in [-0.05, 0) is 55.0 Å². The number of nitrogens with one attached hydrogen (secondary N) is 1. The van der Waals surface area contributed by atoms with Crippen molar-refractivity contribution >= 4 is 23.4 Å². The number of hydrogen-bond acceptors (Lipinski definition) is 2. The molecule has 0 bridgehead atoms. The van der Waals surface area contributed by atoms with Crippen molar-refractivity contribution < 1.29 is 0 Å². The quantitative estimate of drug-likeness (QED) is 0.896. The van der Waals surface area contributed by atoms with Gasteiger partial charge >= 0.3 is 0 Å². The van der Waals surface area contributed by atoms with Crippen LogP contribution in [0.2, 0.25) is 5.02 Å². The highest BCUT2D eigenvalue weighted by Gasteiger charge is 2.20. The number of thioether (sulfide) groups is 1. The Kier molecular flexibility index (Phi) is 4.39. The Balaban J connectivity index is 1.75. The lowest BCUT2D eigenvalue weighted by molar-refractivity contribution is 0.496. The first-order valence-corrected chi connectivity index (χ1v) is 8.44. The summed E-state index contributed by atoms with van der Waals surface area (Å²) in [4.78, 5) is 1.36. The summed E-state index contributed by atoms with van der Waals surface area (Å²) in [6.45, 7) is 4.10. The average Bonchev–Trinajstić information content (AvgIpc) is 2.92. The van der Waals surface area contributed by atoms with Gasteiger partial charge in [0.1, 0.15) is 0 Å². The van der Waals surface area contributed by atoms with Crippen LogP contribution in [-0.4, -0.2) is 10.3 Å². The number of hydrogen-bond donors (Lipinski definition) is 1. The third kappa shape index (κ3) is 2.90. The van der Waals surface area contributed by atoms with Gasteiger partial charge in [-0.2, -0.15) is 0 Å². The number of rotatable bonds is 4. The maximum Gasteiger partial charge on any atom is 0.0410 e. The summed E-state index contributed by atoms with van der Waals surface area (Å²) in [7, 11) is 0. The Morgan fingerprint density at radius 3 is 3.15 bits per heavy atom. The van der Waals surface area contributed by atoms with Gasteiger partial charge in [0.15, 0.2) is 0 Å². The fraction of sp³-hybridized carbons (Fsp3) is 0.375. The number of halogens is 1. The highest BCUT2D eigenvalue weighted by Crippen LogP contribution is 2.37. The van der Waals surface area contributed by atoms with E-state index < -0.39 is 0 Å². The molecule has 1 atom stereocenters. The minimum atomic E-state index is 0.408. The van der Waals surface area contributed by atoms with E-state index in [1.165, 1.54) is 21.9 Å². The molecule has 2 nitrogen and oxygen atoms in total. The third-order valence-corrected chi connectivity index (χ3v) is 5.16. The SMILES string of the molecule is CCn1cccc1CNC1CCSc2ccc(Cl)cc21. The lowest BCUT2D eigenvalue weighted by Gasteiger charge is -2.26. The van der Waals surface area contributed by atoms with Crippen LogP contribution in [0.1, 0.15) is 30.6 Å². The monoisotopic (exact) mass is 306 g/mol. The predicted octanol–water partition coefficient (Wildman–Crippen LogP) is 4.49. The summed E-state index contributed by atoms with van der Waals surface area (Å²) in [6, 6.07) is 10.9. The lowest BCUT2D eigenvalue weighted by Crippen LogP contribution is -2.25. The van der Waals surface area contributed by atoms with Crippen molar-refractivity contribution in [1.82, 2.24) is 9.88 Å². The van der Waals surface area contributed by atoms with E-state index in [9.17, 15) is 0 Å². The fourth-order valence-electron chi connectivity index (χ4n) is 2.72. The molecule has 20 heavy (non-hydrogen) atoms. The Morgan fingerprint density at radius 1 is 1.40 bits per heavy atom. The first kappa shape index (κ1) is 14.1. The number of aromatic nitrogens is 1. The van der Waals surface area contributed by atoms with Gasteiger partial charge in [0, 0.05) is 40.9 Å². The zero-order valence-corrected chi connectivity index (χ0v) is 13.2. The van der Waals surface area contributed by atoms with E-state index in [0.717, 1.165) is 24.5 Å². The highest BCUT2D eigenvalue weighted by molar-refractivity contribution is 7.99. The van der Waals surface area contributed by atoms with Crippen LogP contribution in [0.3, 0.4) is 0 Å². The van der Waals surface area contributed by atoms with E-state index in [4.69, 9.17) is 11.6 Å². The minimum Gasteiger partial charge on any atom is -0.351 e. The molecule has 106 valence electrons. The standard InChI is InChI=1S/C16H19ClN2S/c1-2-19-8-3-4-13(19)11-18-15-7-9-20-16-6-5-12(17)10-14(15)16/h3-6,8,10,15,18H,2,7,9,11H2,1H3. The van der Waals surface area contributed by atoms with Crippen LogP contribution in [0, 0.1) is 0 Å². The number of aryl methyl sites for hydroxylation is 1. The average molecular weight is 307 g/mol. The second kappa shape index (κ2) is 6.25. The van der Waals surface area contributed by atoms with Crippen molar-refractivity contribution in [2.24, 2.45) is 0 Å². The summed E-state index contributed by atoms with van der Waals surface area (Å²) < 4.78 is 2.28. The maximum absolute atomic E-state index is 6.15. The van der Waals surface area contributed by atoms with Gasteiger partial charge in [-0.3, -0.25) is 0 Å². The van der Waals surface area contributed by atoms with Crippen LogP contribution in [-0.2, 0) is 13.1 Å². The van der Waals surface area contributed by atoms with Crippen molar-refractivity contribution in [3.8, 4) is 0 Å². The maximum atomic E-state index is 6.15. The summed E-state index contributed by atoms with van der Waals surface area (Å²) >= 11 is 8.08. The van der Waals surface area contributed by atoms with Crippen LogP contribution >= 0.6 is 23.4 Å². The van der Waals surface area contributed by atoms with Crippen LogP contribution in [0.5, 0.6) is 0 Å². The Bertz CT molecular complexity index is 594. The van der Waals surface area contributed by atoms with Crippen molar-refractivity contribution in [3.05, 3.63) is 52.8 Å². The molecule has 0 spiro atoms. The topological polar surface area (TPSA) is 17.0 Å². The van der Waals surface area contributed by atoms with Crippen LogP contribution in [0.4, 0.5) is 0 Å². The summed E-state index contributed by atoms with van der Waals surface area (Å²) in [5.74, 6) is 1.17. The molecule has 2 heterocycles. The van der Waals surface area contributed by atoms with Crippen molar-refractivity contribution in [3.63, 3.8) is 0 Å². The fourth-order valence-corrected chi connectivity index (χ4v) is 4.01.